The first-order chi connectivity index (χ1) is 9.37. The summed E-state index contributed by atoms with van der Waals surface area (Å²) < 4.78 is 37.4. The van der Waals surface area contributed by atoms with E-state index in [4.69, 9.17) is 0 Å². The molecule has 0 aliphatic carbocycles. The van der Waals surface area contributed by atoms with E-state index in [0.29, 0.717) is 11.3 Å². The lowest BCUT2D eigenvalue weighted by atomic mass is 10.2. The van der Waals surface area contributed by atoms with Gasteiger partial charge in [0.2, 0.25) is 0 Å². The van der Waals surface area contributed by atoms with Crippen molar-refractivity contribution in [2.45, 2.75) is 6.18 Å². The fraction of sp³-hybridized carbons (Fsp3) is 0.250. The highest BCUT2D eigenvalue weighted by Gasteiger charge is 2.28. The number of aromatic nitrogens is 3. The summed E-state index contributed by atoms with van der Waals surface area (Å²) in [6, 6.07) is 4.86. The van der Waals surface area contributed by atoms with Crippen LogP contribution in [0.25, 0.3) is 11.3 Å². The Labute approximate surface area is 112 Å². The number of nitrogens with zero attached hydrogens (tertiary/aromatic N) is 3. The number of alkyl halides is 3. The van der Waals surface area contributed by atoms with Crippen molar-refractivity contribution in [3.63, 3.8) is 0 Å². The van der Waals surface area contributed by atoms with E-state index in [1.807, 2.05) is 0 Å². The van der Waals surface area contributed by atoms with Crippen LogP contribution < -0.4 is 5.32 Å². The Morgan fingerprint density at radius 3 is 2.80 bits per heavy atom. The van der Waals surface area contributed by atoms with E-state index in [2.05, 4.69) is 10.1 Å². The fourth-order valence-corrected chi connectivity index (χ4v) is 1.61. The molecular formula is C12H11F3N4O. The number of nitrogens with one attached hydrogen (secondary N) is 1. The molecule has 8 heteroatoms. The van der Waals surface area contributed by atoms with E-state index in [9.17, 15) is 18.0 Å². The monoisotopic (exact) mass is 284 g/mol. The van der Waals surface area contributed by atoms with Crippen molar-refractivity contribution in [2.24, 2.45) is 7.05 Å². The molecule has 106 valence electrons. The zero-order valence-corrected chi connectivity index (χ0v) is 10.5. The van der Waals surface area contributed by atoms with Crippen LogP contribution in [-0.4, -0.2) is 33.4 Å². The zero-order valence-electron chi connectivity index (χ0n) is 10.5. The fourth-order valence-electron chi connectivity index (χ4n) is 1.61. The minimum absolute atomic E-state index is 0.0492. The van der Waals surface area contributed by atoms with Gasteiger partial charge in [-0.2, -0.15) is 18.3 Å². The average molecular weight is 284 g/mol. The van der Waals surface area contributed by atoms with E-state index in [1.165, 1.54) is 17.8 Å². The maximum absolute atomic E-state index is 12.1. The molecule has 1 N–H and O–H groups in total. The number of hydrogen-bond donors (Lipinski definition) is 1. The van der Waals surface area contributed by atoms with Crippen LogP contribution in [0.3, 0.4) is 0 Å². The van der Waals surface area contributed by atoms with Gasteiger partial charge in [0.15, 0.2) is 0 Å². The molecule has 0 fully saturated rings. The number of hydrogen-bond acceptors (Lipinski definition) is 3. The van der Waals surface area contributed by atoms with Crippen LogP contribution in [0.15, 0.2) is 30.6 Å². The molecule has 2 heterocycles. The van der Waals surface area contributed by atoms with Crippen LogP contribution in [0.4, 0.5) is 13.2 Å². The molecule has 0 bridgehead atoms. The van der Waals surface area contributed by atoms with Gasteiger partial charge in [0.05, 0.1) is 5.69 Å². The van der Waals surface area contributed by atoms with Crippen LogP contribution in [0.5, 0.6) is 0 Å². The van der Waals surface area contributed by atoms with Gasteiger partial charge in [0.25, 0.3) is 5.91 Å². The lowest BCUT2D eigenvalue weighted by Crippen LogP contribution is -2.34. The maximum Gasteiger partial charge on any atom is 0.405 e. The normalized spacial score (nSPS) is 11.4. The minimum Gasteiger partial charge on any atom is -0.342 e. The van der Waals surface area contributed by atoms with Crippen molar-refractivity contribution in [1.29, 1.82) is 0 Å². The molecule has 20 heavy (non-hydrogen) atoms. The molecule has 0 atom stereocenters. The average Bonchev–Trinajstić information content (AvgIpc) is 2.78. The second kappa shape index (κ2) is 5.32. The van der Waals surface area contributed by atoms with Gasteiger partial charge in [-0.3, -0.25) is 14.5 Å². The van der Waals surface area contributed by atoms with Crippen molar-refractivity contribution in [2.75, 3.05) is 6.54 Å². The summed E-state index contributed by atoms with van der Waals surface area (Å²) in [5.74, 6) is -0.826. The van der Waals surface area contributed by atoms with Gasteiger partial charge in [-0.05, 0) is 18.2 Å². The van der Waals surface area contributed by atoms with Gasteiger partial charge < -0.3 is 5.32 Å². The van der Waals surface area contributed by atoms with E-state index in [-0.39, 0.29) is 5.69 Å². The molecular weight excluding hydrogens is 273 g/mol. The highest BCUT2D eigenvalue weighted by atomic mass is 19.4. The van der Waals surface area contributed by atoms with Crippen molar-refractivity contribution < 1.29 is 18.0 Å². The van der Waals surface area contributed by atoms with Crippen molar-refractivity contribution >= 4 is 5.91 Å². The molecule has 0 aliphatic heterocycles. The molecule has 0 radical (unpaired) electrons. The lowest BCUT2D eigenvalue weighted by molar-refractivity contribution is -0.123. The third kappa shape index (κ3) is 3.34. The van der Waals surface area contributed by atoms with Gasteiger partial charge in [-0.25, -0.2) is 0 Å². The first-order valence-corrected chi connectivity index (χ1v) is 5.66. The van der Waals surface area contributed by atoms with Gasteiger partial charge in [-0.1, -0.05) is 0 Å². The molecule has 2 aromatic rings. The van der Waals surface area contributed by atoms with Crippen molar-refractivity contribution in [1.82, 2.24) is 20.1 Å². The van der Waals surface area contributed by atoms with E-state index in [0.717, 1.165) is 0 Å². The molecule has 0 aromatic carbocycles. The first-order valence-electron chi connectivity index (χ1n) is 5.66. The number of halogens is 3. The molecule has 0 unspecified atom stereocenters. The molecule has 0 spiro atoms. The molecule has 0 saturated carbocycles. The van der Waals surface area contributed by atoms with Gasteiger partial charge in [-0.15, -0.1) is 0 Å². The Kier molecular flexibility index (Phi) is 3.73. The number of pyridine rings is 1. The van der Waals surface area contributed by atoms with Gasteiger partial charge in [0.1, 0.15) is 12.2 Å². The van der Waals surface area contributed by atoms with Crippen LogP contribution in [0, 0.1) is 0 Å². The van der Waals surface area contributed by atoms with E-state index in [1.54, 1.807) is 29.8 Å². The van der Waals surface area contributed by atoms with Gasteiger partial charge >= 0.3 is 6.18 Å². The Hall–Kier alpha value is -2.38. The summed E-state index contributed by atoms with van der Waals surface area (Å²) in [6.07, 6.45) is -1.30. The number of carbonyl (C=O) groups is 1. The predicted molar refractivity (Wildman–Crippen MR) is 64.8 cm³/mol. The summed E-state index contributed by atoms with van der Waals surface area (Å²) >= 11 is 0. The molecule has 2 rings (SSSR count). The van der Waals surface area contributed by atoms with Crippen LogP contribution in [0.1, 0.15) is 10.5 Å². The SMILES string of the molecule is Cn1nc(-c2cccnc2)cc1C(=O)NCC(F)(F)F. The Morgan fingerprint density at radius 1 is 1.45 bits per heavy atom. The summed E-state index contributed by atoms with van der Waals surface area (Å²) in [5.41, 5.74) is 1.20. The lowest BCUT2D eigenvalue weighted by Gasteiger charge is -2.07. The second-order valence-electron chi connectivity index (χ2n) is 4.08. The highest BCUT2D eigenvalue weighted by molar-refractivity contribution is 5.93. The van der Waals surface area contributed by atoms with Crippen molar-refractivity contribution in [3.8, 4) is 11.3 Å². The third-order valence-corrected chi connectivity index (χ3v) is 2.52. The molecule has 0 saturated heterocycles. The molecule has 5 nitrogen and oxygen atoms in total. The third-order valence-electron chi connectivity index (χ3n) is 2.52. The van der Waals surface area contributed by atoms with Crippen LogP contribution in [0.2, 0.25) is 0 Å². The Bertz CT molecular complexity index is 607. The summed E-state index contributed by atoms with van der Waals surface area (Å²) in [6.45, 7) is -1.38. The summed E-state index contributed by atoms with van der Waals surface area (Å²) in [5, 5.41) is 5.89. The Morgan fingerprint density at radius 2 is 2.20 bits per heavy atom. The van der Waals surface area contributed by atoms with Crippen LogP contribution >= 0.6 is 0 Å². The standard InChI is InChI=1S/C12H11F3N4O/c1-19-10(11(20)17-7-12(13,14)15)5-9(18-19)8-3-2-4-16-6-8/h2-6H,7H2,1H3,(H,17,20). The quantitative estimate of drug-likeness (QED) is 0.934. The number of rotatable bonds is 3. The van der Waals surface area contributed by atoms with Crippen LogP contribution in [-0.2, 0) is 7.05 Å². The second-order valence-corrected chi connectivity index (χ2v) is 4.08. The molecule has 0 aliphatic rings. The van der Waals surface area contributed by atoms with E-state index >= 15 is 0 Å². The predicted octanol–water partition coefficient (Wildman–Crippen LogP) is 1.77. The molecule has 2 aromatic heterocycles. The molecule has 1 amide bonds. The summed E-state index contributed by atoms with van der Waals surface area (Å²) in [7, 11) is 1.49. The largest absolute Gasteiger partial charge is 0.405 e. The smallest absolute Gasteiger partial charge is 0.342 e. The topological polar surface area (TPSA) is 59.8 Å². The number of amides is 1. The minimum atomic E-state index is -4.44. The first kappa shape index (κ1) is 14.0. The number of carbonyl (C=O) groups excluding carboxylic acids is 1. The Balaban J connectivity index is 2.18. The summed E-state index contributed by atoms with van der Waals surface area (Å²) in [4.78, 5) is 15.6. The highest BCUT2D eigenvalue weighted by Crippen LogP contribution is 2.18. The number of aryl methyl sites for hydroxylation is 1. The van der Waals surface area contributed by atoms with Gasteiger partial charge in [0, 0.05) is 25.0 Å². The maximum atomic E-state index is 12.1. The van der Waals surface area contributed by atoms with E-state index < -0.39 is 18.6 Å². The van der Waals surface area contributed by atoms with Crippen molar-refractivity contribution in [3.05, 3.63) is 36.3 Å². The zero-order chi connectivity index (χ0) is 14.8.